The minimum Gasteiger partial charge on any atom is -0.490 e. The number of nitrogens with one attached hydrogen (secondary N) is 1. The number of hydrogen-bond donors (Lipinski definition) is 1. The van der Waals surface area contributed by atoms with Gasteiger partial charge in [0.1, 0.15) is 36.4 Å². The van der Waals surface area contributed by atoms with Crippen molar-refractivity contribution in [3.63, 3.8) is 0 Å². The lowest BCUT2D eigenvalue weighted by Gasteiger charge is -2.19. The summed E-state index contributed by atoms with van der Waals surface area (Å²) in [5, 5.41) is 12.2. The fourth-order valence-electron chi connectivity index (χ4n) is 3.30. The van der Waals surface area contributed by atoms with Crippen molar-refractivity contribution in [2.75, 3.05) is 18.5 Å². The Bertz CT molecular complexity index is 1200. The van der Waals surface area contributed by atoms with Crippen LogP contribution in [0.3, 0.4) is 0 Å². The maximum absolute atomic E-state index is 12.5. The van der Waals surface area contributed by atoms with Crippen molar-refractivity contribution in [2.24, 2.45) is 0 Å². The number of hydrogen-bond acceptors (Lipinski definition) is 4. The predicted octanol–water partition coefficient (Wildman–Crippen LogP) is 6.30. The fourth-order valence-corrected chi connectivity index (χ4v) is 3.30. The fraction of sp³-hybridized carbons (Fsp3) is 0.241. The Morgan fingerprint density at radius 1 is 0.941 bits per heavy atom. The third-order valence-electron chi connectivity index (χ3n) is 5.15. The van der Waals surface area contributed by atoms with Gasteiger partial charge in [-0.25, -0.2) is 0 Å². The molecule has 1 N–H and O–H groups in total. The van der Waals surface area contributed by atoms with Crippen molar-refractivity contribution in [2.45, 2.75) is 33.1 Å². The third kappa shape index (κ3) is 7.25. The van der Waals surface area contributed by atoms with Crippen LogP contribution in [0.5, 0.6) is 11.5 Å². The van der Waals surface area contributed by atoms with Gasteiger partial charge in [-0.3, -0.25) is 4.79 Å². The SMILES string of the molecule is Cc1cccc(NC(=O)C(C#N)=Cc2cccc(OCCOc3ccc(C(C)(C)C)cc3)c2)c1. The first kappa shape index (κ1) is 24.6. The van der Waals surface area contributed by atoms with Crippen molar-refractivity contribution in [1.29, 1.82) is 5.26 Å². The standard InChI is InChI=1S/C29H30N2O3/c1-21-7-5-9-25(17-21)31-28(32)23(20-30)18-22-8-6-10-27(19-22)34-16-15-33-26-13-11-24(12-14-26)29(2,3)4/h5-14,17-19H,15-16H2,1-4H3,(H,31,32). The summed E-state index contributed by atoms with van der Waals surface area (Å²) >= 11 is 0. The van der Waals surface area contributed by atoms with Crippen LogP contribution in [0.15, 0.2) is 78.4 Å². The summed E-state index contributed by atoms with van der Waals surface area (Å²) in [4.78, 5) is 12.5. The van der Waals surface area contributed by atoms with E-state index in [-0.39, 0.29) is 11.0 Å². The average Bonchev–Trinajstić information content (AvgIpc) is 2.80. The maximum atomic E-state index is 12.5. The van der Waals surface area contributed by atoms with E-state index < -0.39 is 5.91 Å². The zero-order valence-corrected chi connectivity index (χ0v) is 20.1. The number of rotatable bonds is 8. The maximum Gasteiger partial charge on any atom is 0.266 e. The number of carbonyl (C=O) groups excluding carboxylic acids is 1. The molecule has 5 nitrogen and oxygen atoms in total. The van der Waals surface area contributed by atoms with Crippen LogP contribution in [-0.4, -0.2) is 19.1 Å². The first-order chi connectivity index (χ1) is 16.2. The summed E-state index contributed by atoms with van der Waals surface area (Å²) < 4.78 is 11.6. The molecule has 34 heavy (non-hydrogen) atoms. The van der Waals surface area contributed by atoms with Gasteiger partial charge in [-0.05, 0) is 71.5 Å². The van der Waals surface area contributed by atoms with E-state index in [0.29, 0.717) is 30.2 Å². The number of carbonyl (C=O) groups is 1. The summed E-state index contributed by atoms with van der Waals surface area (Å²) in [6.07, 6.45) is 1.55. The van der Waals surface area contributed by atoms with E-state index in [9.17, 15) is 10.1 Å². The van der Waals surface area contributed by atoms with Crippen LogP contribution in [0.2, 0.25) is 0 Å². The summed E-state index contributed by atoms with van der Waals surface area (Å²) in [5.41, 5.74) is 3.75. The van der Waals surface area contributed by atoms with Gasteiger partial charge in [-0.15, -0.1) is 0 Å². The number of ether oxygens (including phenoxy) is 2. The second-order valence-electron chi connectivity index (χ2n) is 9.04. The molecule has 0 atom stereocenters. The molecule has 0 bridgehead atoms. The van der Waals surface area contributed by atoms with E-state index in [1.54, 1.807) is 18.2 Å². The highest BCUT2D eigenvalue weighted by atomic mass is 16.5. The monoisotopic (exact) mass is 454 g/mol. The van der Waals surface area contributed by atoms with Crippen molar-refractivity contribution in [1.82, 2.24) is 0 Å². The molecule has 0 aliphatic carbocycles. The molecule has 0 saturated carbocycles. The number of aryl methyl sites for hydroxylation is 1. The molecule has 0 aliphatic heterocycles. The van der Waals surface area contributed by atoms with Crippen LogP contribution in [0.4, 0.5) is 5.69 Å². The van der Waals surface area contributed by atoms with Gasteiger partial charge in [0.25, 0.3) is 5.91 Å². The molecule has 1 amide bonds. The van der Waals surface area contributed by atoms with Crippen LogP contribution in [0.1, 0.15) is 37.5 Å². The molecular formula is C29H30N2O3. The van der Waals surface area contributed by atoms with Crippen LogP contribution in [0.25, 0.3) is 6.08 Å². The highest BCUT2D eigenvalue weighted by Crippen LogP contribution is 2.24. The molecule has 3 rings (SSSR count). The number of amides is 1. The van der Waals surface area contributed by atoms with E-state index >= 15 is 0 Å². The van der Waals surface area contributed by atoms with Gasteiger partial charge < -0.3 is 14.8 Å². The lowest BCUT2D eigenvalue weighted by Crippen LogP contribution is -2.13. The van der Waals surface area contributed by atoms with Gasteiger partial charge in [-0.2, -0.15) is 5.26 Å². The van der Waals surface area contributed by atoms with Crippen molar-refractivity contribution in [3.05, 3.63) is 95.1 Å². The molecule has 0 heterocycles. The quantitative estimate of drug-likeness (QED) is 0.246. The normalized spacial score (nSPS) is 11.4. The molecule has 0 fully saturated rings. The molecule has 0 aromatic heterocycles. The van der Waals surface area contributed by atoms with Gasteiger partial charge in [0.05, 0.1) is 0 Å². The number of nitrogens with zero attached hydrogens (tertiary/aromatic N) is 1. The van der Waals surface area contributed by atoms with Crippen LogP contribution >= 0.6 is 0 Å². The van der Waals surface area contributed by atoms with Crippen molar-refractivity contribution >= 4 is 17.7 Å². The van der Waals surface area contributed by atoms with Crippen LogP contribution in [0, 0.1) is 18.3 Å². The molecular weight excluding hydrogens is 424 g/mol. The molecule has 0 radical (unpaired) electrons. The molecule has 5 heteroatoms. The highest BCUT2D eigenvalue weighted by molar-refractivity contribution is 6.09. The zero-order chi connectivity index (χ0) is 24.6. The van der Waals surface area contributed by atoms with Gasteiger partial charge in [0, 0.05) is 5.69 Å². The molecule has 0 saturated heterocycles. The van der Waals surface area contributed by atoms with E-state index in [1.807, 2.05) is 61.5 Å². The van der Waals surface area contributed by atoms with Crippen molar-refractivity contribution < 1.29 is 14.3 Å². The first-order valence-corrected chi connectivity index (χ1v) is 11.2. The van der Waals surface area contributed by atoms with Gasteiger partial charge >= 0.3 is 0 Å². The van der Waals surface area contributed by atoms with Crippen molar-refractivity contribution in [3.8, 4) is 17.6 Å². The average molecular weight is 455 g/mol. The Labute approximate surface area is 201 Å². The van der Waals surface area contributed by atoms with Crippen LogP contribution in [-0.2, 0) is 10.2 Å². The topological polar surface area (TPSA) is 71.4 Å². The summed E-state index contributed by atoms with van der Waals surface area (Å²) in [5.74, 6) is 0.980. The Morgan fingerprint density at radius 3 is 2.26 bits per heavy atom. The predicted molar refractivity (Wildman–Crippen MR) is 136 cm³/mol. The molecule has 174 valence electrons. The molecule has 0 aliphatic rings. The van der Waals surface area contributed by atoms with E-state index in [2.05, 4.69) is 38.2 Å². The molecule has 3 aromatic rings. The summed E-state index contributed by atoms with van der Waals surface area (Å²) in [6.45, 7) is 9.24. The number of anilines is 1. The lowest BCUT2D eigenvalue weighted by molar-refractivity contribution is -0.112. The van der Waals surface area contributed by atoms with E-state index in [0.717, 1.165) is 11.3 Å². The Balaban J connectivity index is 1.55. The second kappa shape index (κ2) is 11.2. The minimum atomic E-state index is -0.453. The summed E-state index contributed by atoms with van der Waals surface area (Å²) in [7, 11) is 0. The Morgan fingerprint density at radius 2 is 1.62 bits per heavy atom. The second-order valence-corrected chi connectivity index (χ2v) is 9.04. The number of benzene rings is 3. The Hall–Kier alpha value is -4.04. The van der Waals surface area contributed by atoms with E-state index in [4.69, 9.17) is 9.47 Å². The lowest BCUT2D eigenvalue weighted by atomic mass is 9.87. The Kier molecular flexibility index (Phi) is 8.10. The smallest absolute Gasteiger partial charge is 0.266 e. The third-order valence-corrected chi connectivity index (χ3v) is 5.15. The molecule has 0 spiro atoms. The van der Waals surface area contributed by atoms with Gasteiger partial charge in [0.15, 0.2) is 0 Å². The summed E-state index contributed by atoms with van der Waals surface area (Å²) in [6, 6.07) is 24.8. The van der Waals surface area contributed by atoms with Gasteiger partial charge in [0.2, 0.25) is 0 Å². The first-order valence-electron chi connectivity index (χ1n) is 11.2. The minimum absolute atomic E-state index is 0.0145. The van der Waals surface area contributed by atoms with E-state index in [1.165, 1.54) is 5.56 Å². The largest absolute Gasteiger partial charge is 0.490 e. The molecule has 3 aromatic carbocycles. The number of nitriles is 1. The highest BCUT2D eigenvalue weighted by Gasteiger charge is 2.13. The van der Waals surface area contributed by atoms with Crippen LogP contribution < -0.4 is 14.8 Å². The molecule has 0 unspecified atom stereocenters. The van der Waals surface area contributed by atoms with Gasteiger partial charge in [-0.1, -0.05) is 57.2 Å². The zero-order valence-electron chi connectivity index (χ0n) is 20.1.